The highest BCUT2D eigenvalue weighted by Crippen LogP contribution is 2.44. The molecular weight excluding hydrogens is 180 g/mol. The van der Waals surface area contributed by atoms with E-state index in [1.54, 1.807) is 13.2 Å². The molecule has 0 N–H and O–H groups in total. The van der Waals surface area contributed by atoms with Crippen molar-refractivity contribution >= 4 is 5.97 Å². The molecule has 1 aromatic carbocycles. The van der Waals surface area contributed by atoms with Crippen LogP contribution >= 0.6 is 0 Å². The second-order valence-electron chi connectivity index (χ2n) is 3.85. The Hall–Kier alpha value is -1.51. The first-order valence-electron chi connectivity index (χ1n) is 4.47. The zero-order valence-electron chi connectivity index (χ0n) is 8.46. The molecule has 3 heteroatoms. The quantitative estimate of drug-likeness (QED) is 0.503. The summed E-state index contributed by atoms with van der Waals surface area (Å²) in [6.45, 7) is 3.67. The molecule has 0 bridgehead atoms. The molecule has 1 heterocycles. The van der Waals surface area contributed by atoms with Crippen molar-refractivity contribution in [1.82, 2.24) is 0 Å². The fourth-order valence-electron chi connectivity index (χ4n) is 1.71. The monoisotopic (exact) mass is 192 g/mol. The maximum absolute atomic E-state index is 11.5. The molecule has 14 heavy (non-hydrogen) atoms. The summed E-state index contributed by atoms with van der Waals surface area (Å²) in [5, 5.41) is 0. The first kappa shape index (κ1) is 9.06. The molecule has 1 aliphatic rings. The average molecular weight is 192 g/mol. The Morgan fingerprint density at radius 3 is 2.71 bits per heavy atom. The first-order chi connectivity index (χ1) is 6.57. The number of esters is 1. The number of ether oxygens (including phenoxy) is 2. The minimum atomic E-state index is -0.609. The van der Waals surface area contributed by atoms with Gasteiger partial charge in [-0.2, -0.15) is 0 Å². The molecule has 0 atom stereocenters. The summed E-state index contributed by atoms with van der Waals surface area (Å²) in [4.78, 5) is 11.5. The zero-order chi connectivity index (χ0) is 10.3. The third-order valence-electron chi connectivity index (χ3n) is 2.55. The first-order valence-corrected chi connectivity index (χ1v) is 4.47. The predicted molar refractivity (Wildman–Crippen MR) is 51.7 cm³/mol. The van der Waals surface area contributed by atoms with E-state index in [4.69, 9.17) is 9.47 Å². The number of carbonyl (C=O) groups is 1. The Morgan fingerprint density at radius 2 is 2.07 bits per heavy atom. The molecule has 0 amide bonds. The lowest BCUT2D eigenvalue weighted by Gasteiger charge is -2.15. The van der Waals surface area contributed by atoms with Crippen molar-refractivity contribution in [3.8, 4) is 11.5 Å². The van der Waals surface area contributed by atoms with E-state index in [1.165, 1.54) is 0 Å². The molecule has 3 nitrogen and oxygen atoms in total. The van der Waals surface area contributed by atoms with Crippen LogP contribution in [-0.2, 0) is 10.2 Å². The zero-order valence-corrected chi connectivity index (χ0v) is 8.46. The van der Waals surface area contributed by atoms with Crippen LogP contribution in [0.25, 0.3) is 0 Å². The number of hydrogen-bond donors (Lipinski definition) is 0. The summed E-state index contributed by atoms with van der Waals surface area (Å²) in [6, 6.07) is 5.43. The molecule has 74 valence electrons. The molecule has 0 saturated heterocycles. The molecule has 1 aliphatic heterocycles. The van der Waals surface area contributed by atoms with Gasteiger partial charge in [-0.1, -0.05) is 6.07 Å². The van der Waals surface area contributed by atoms with Gasteiger partial charge in [0, 0.05) is 0 Å². The van der Waals surface area contributed by atoms with Crippen molar-refractivity contribution in [3.63, 3.8) is 0 Å². The highest BCUT2D eigenvalue weighted by molar-refractivity contribution is 5.91. The van der Waals surface area contributed by atoms with Gasteiger partial charge in [0.15, 0.2) is 0 Å². The second-order valence-corrected chi connectivity index (χ2v) is 3.85. The van der Waals surface area contributed by atoms with Gasteiger partial charge in [-0.05, 0) is 26.0 Å². The maximum Gasteiger partial charge on any atom is 0.321 e. The van der Waals surface area contributed by atoms with Crippen LogP contribution < -0.4 is 9.47 Å². The smallest absolute Gasteiger partial charge is 0.321 e. The van der Waals surface area contributed by atoms with Gasteiger partial charge < -0.3 is 9.47 Å². The van der Waals surface area contributed by atoms with Crippen LogP contribution in [0.5, 0.6) is 11.5 Å². The van der Waals surface area contributed by atoms with E-state index in [0.29, 0.717) is 11.5 Å². The molecule has 0 fully saturated rings. The minimum Gasteiger partial charge on any atom is -0.496 e. The number of fused-ring (bicyclic) bond motifs is 1. The third-order valence-corrected chi connectivity index (χ3v) is 2.55. The van der Waals surface area contributed by atoms with Crippen molar-refractivity contribution < 1.29 is 14.3 Å². The topological polar surface area (TPSA) is 35.5 Å². The molecule has 2 rings (SSSR count). The fraction of sp³-hybridized carbons (Fsp3) is 0.364. The molecule has 0 radical (unpaired) electrons. The fourth-order valence-corrected chi connectivity index (χ4v) is 1.71. The lowest BCUT2D eigenvalue weighted by Crippen LogP contribution is -2.26. The lowest BCUT2D eigenvalue weighted by molar-refractivity contribution is -0.137. The van der Waals surface area contributed by atoms with Crippen LogP contribution in [0.1, 0.15) is 19.4 Å². The van der Waals surface area contributed by atoms with Crippen LogP contribution in [0.2, 0.25) is 0 Å². The summed E-state index contributed by atoms with van der Waals surface area (Å²) in [7, 11) is 1.59. The van der Waals surface area contributed by atoms with E-state index in [2.05, 4.69) is 0 Å². The van der Waals surface area contributed by atoms with Crippen molar-refractivity contribution in [2.24, 2.45) is 0 Å². The van der Waals surface area contributed by atoms with Gasteiger partial charge >= 0.3 is 5.97 Å². The largest absolute Gasteiger partial charge is 0.496 e. The van der Waals surface area contributed by atoms with Crippen molar-refractivity contribution in [2.45, 2.75) is 19.3 Å². The predicted octanol–water partition coefficient (Wildman–Crippen LogP) is 1.89. The summed E-state index contributed by atoms with van der Waals surface area (Å²) < 4.78 is 10.4. The molecular formula is C11H12O3. The summed E-state index contributed by atoms with van der Waals surface area (Å²) in [6.07, 6.45) is 0. The Balaban J connectivity index is 2.66. The van der Waals surface area contributed by atoms with E-state index >= 15 is 0 Å². The van der Waals surface area contributed by atoms with Gasteiger partial charge in [0.2, 0.25) is 0 Å². The van der Waals surface area contributed by atoms with Gasteiger partial charge in [-0.25, -0.2) is 0 Å². The van der Waals surface area contributed by atoms with Gasteiger partial charge in [0.25, 0.3) is 0 Å². The van der Waals surface area contributed by atoms with Crippen molar-refractivity contribution in [2.75, 3.05) is 7.11 Å². The van der Waals surface area contributed by atoms with Gasteiger partial charge in [-0.3, -0.25) is 4.79 Å². The highest BCUT2D eigenvalue weighted by atomic mass is 16.5. The van der Waals surface area contributed by atoms with E-state index in [9.17, 15) is 4.79 Å². The summed E-state index contributed by atoms with van der Waals surface area (Å²) in [5.41, 5.74) is 0.231. The van der Waals surface area contributed by atoms with E-state index in [1.807, 2.05) is 26.0 Å². The molecule has 0 aromatic heterocycles. The van der Waals surface area contributed by atoms with Crippen molar-refractivity contribution in [1.29, 1.82) is 0 Å². The van der Waals surface area contributed by atoms with Gasteiger partial charge in [-0.15, -0.1) is 0 Å². The van der Waals surface area contributed by atoms with Crippen LogP contribution in [0.3, 0.4) is 0 Å². The average Bonchev–Trinajstić information content (AvgIpc) is 2.38. The molecule has 0 spiro atoms. The maximum atomic E-state index is 11.5. The molecule has 0 aliphatic carbocycles. The number of benzene rings is 1. The summed E-state index contributed by atoms with van der Waals surface area (Å²) in [5.74, 6) is 1.09. The van der Waals surface area contributed by atoms with Crippen LogP contribution in [0, 0.1) is 0 Å². The van der Waals surface area contributed by atoms with E-state index in [0.717, 1.165) is 5.56 Å². The molecule has 1 aromatic rings. The third kappa shape index (κ3) is 1.02. The SMILES string of the molecule is COc1cccc2c1C(C)(C)C(=O)O2. The Morgan fingerprint density at radius 1 is 1.36 bits per heavy atom. The Labute approximate surface area is 82.6 Å². The van der Waals surface area contributed by atoms with Crippen molar-refractivity contribution in [3.05, 3.63) is 23.8 Å². The highest BCUT2D eigenvalue weighted by Gasteiger charge is 2.43. The van der Waals surface area contributed by atoms with Crippen LogP contribution in [-0.4, -0.2) is 13.1 Å². The van der Waals surface area contributed by atoms with Crippen LogP contribution in [0.15, 0.2) is 18.2 Å². The van der Waals surface area contributed by atoms with E-state index in [-0.39, 0.29) is 5.97 Å². The minimum absolute atomic E-state index is 0.225. The molecule has 0 saturated carbocycles. The lowest BCUT2D eigenvalue weighted by atomic mass is 9.85. The normalized spacial score (nSPS) is 17.5. The van der Waals surface area contributed by atoms with Gasteiger partial charge in [0.1, 0.15) is 11.5 Å². The number of carbonyl (C=O) groups excluding carboxylic acids is 1. The standard InChI is InChI=1S/C11H12O3/c1-11(2)9-7(13-3)5-4-6-8(9)14-10(11)12/h4-6H,1-3H3. The Bertz CT molecular complexity index is 394. The van der Waals surface area contributed by atoms with Crippen LogP contribution in [0.4, 0.5) is 0 Å². The number of hydrogen-bond acceptors (Lipinski definition) is 3. The molecule has 0 unspecified atom stereocenters. The van der Waals surface area contributed by atoms with E-state index < -0.39 is 5.41 Å². The Kier molecular flexibility index (Phi) is 1.77. The number of methoxy groups -OCH3 is 1. The summed E-state index contributed by atoms with van der Waals surface area (Å²) >= 11 is 0. The van der Waals surface area contributed by atoms with Gasteiger partial charge in [0.05, 0.1) is 18.1 Å². The number of rotatable bonds is 1. The second kappa shape index (κ2) is 2.74.